The molecule has 1 atom stereocenters. The fourth-order valence-electron chi connectivity index (χ4n) is 4.15. The number of nitrogens with one attached hydrogen (secondary N) is 1. The first kappa shape index (κ1) is 21.5. The third-order valence-electron chi connectivity index (χ3n) is 5.91. The van der Waals surface area contributed by atoms with Crippen LogP contribution in [0.1, 0.15) is 24.5 Å². The number of nitrogens with two attached hydrogens (primary N) is 1. The number of aromatic nitrogens is 2. The van der Waals surface area contributed by atoms with Gasteiger partial charge >= 0.3 is 5.97 Å². The molecule has 8 heteroatoms. The Kier molecular flexibility index (Phi) is 5.63. The summed E-state index contributed by atoms with van der Waals surface area (Å²) in [5.41, 5.74) is 12.3. The SMILES string of the molecule is CCc1cc(O)ccc1/N=C(\N)c1cnn2cc(-c3ccccc3)cc2c1N[C@@H]1COC(=O)C1. The number of carbonyl (C=O) groups excluding carboxylic acids is 1. The lowest BCUT2D eigenvalue weighted by atomic mass is 10.1. The second-order valence-corrected chi connectivity index (χ2v) is 8.25. The van der Waals surface area contributed by atoms with Crippen LogP contribution < -0.4 is 11.1 Å². The van der Waals surface area contributed by atoms with E-state index < -0.39 is 0 Å². The molecule has 1 aliphatic heterocycles. The van der Waals surface area contributed by atoms with Crippen LogP contribution >= 0.6 is 0 Å². The number of cyclic esters (lactones) is 1. The predicted octanol–water partition coefficient (Wildman–Crippen LogP) is 4.03. The monoisotopic (exact) mass is 455 g/mol. The Labute approximate surface area is 196 Å². The molecule has 0 spiro atoms. The van der Waals surface area contributed by atoms with Gasteiger partial charge < -0.3 is 20.9 Å². The quantitative estimate of drug-likeness (QED) is 0.230. The smallest absolute Gasteiger partial charge is 0.308 e. The number of phenols is 1. The molecule has 2 aromatic heterocycles. The summed E-state index contributed by atoms with van der Waals surface area (Å²) in [6.45, 7) is 2.28. The van der Waals surface area contributed by atoms with Crippen molar-refractivity contribution in [3.05, 3.63) is 78.1 Å². The van der Waals surface area contributed by atoms with Crippen LogP contribution in [0.3, 0.4) is 0 Å². The molecule has 1 saturated heterocycles. The number of carbonyl (C=O) groups is 1. The minimum absolute atomic E-state index is 0.180. The topological polar surface area (TPSA) is 114 Å². The second-order valence-electron chi connectivity index (χ2n) is 8.25. The van der Waals surface area contributed by atoms with E-state index in [-0.39, 0.29) is 36.6 Å². The van der Waals surface area contributed by atoms with E-state index in [2.05, 4.69) is 15.4 Å². The highest BCUT2D eigenvalue weighted by Gasteiger charge is 2.26. The minimum atomic E-state index is -0.234. The normalized spacial score (nSPS) is 16.1. The number of fused-ring (bicyclic) bond motifs is 1. The summed E-state index contributed by atoms with van der Waals surface area (Å²) in [7, 11) is 0. The zero-order chi connectivity index (χ0) is 23.7. The number of anilines is 1. The first-order valence-electron chi connectivity index (χ1n) is 11.2. The van der Waals surface area contributed by atoms with Crippen LogP contribution in [-0.4, -0.2) is 39.2 Å². The van der Waals surface area contributed by atoms with Gasteiger partial charge in [-0.25, -0.2) is 9.51 Å². The van der Waals surface area contributed by atoms with Gasteiger partial charge in [0.1, 0.15) is 18.2 Å². The van der Waals surface area contributed by atoms with Gasteiger partial charge in [0.2, 0.25) is 0 Å². The maximum absolute atomic E-state index is 11.7. The summed E-state index contributed by atoms with van der Waals surface area (Å²) < 4.78 is 6.94. The number of nitrogens with zero attached hydrogens (tertiary/aromatic N) is 3. The predicted molar refractivity (Wildman–Crippen MR) is 131 cm³/mol. The van der Waals surface area contributed by atoms with E-state index in [0.717, 1.165) is 27.9 Å². The van der Waals surface area contributed by atoms with Crippen molar-refractivity contribution in [2.24, 2.45) is 10.7 Å². The number of aromatic hydroxyl groups is 1. The van der Waals surface area contributed by atoms with Crippen LogP contribution in [0, 0.1) is 0 Å². The summed E-state index contributed by atoms with van der Waals surface area (Å²) >= 11 is 0. The van der Waals surface area contributed by atoms with Crippen LogP contribution in [0.25, 0.3) is 16.6 Å². The number of amidine groups is 1. The molecule has 172 valence electrons. The zero-order valence-electron chi connectivity index (χ0n) is 18.7. The summed E-state index contributed by atoms with van der Waals surface area (Å²) in [5.74, 6) is 0.237. The van der Waals surface area contributed by atoms with Gasteiger partial charge in [-0.2, -0.15) is 5.10 Å². The molecule has 0 amide bonds. The zero-order valence-corrected chi connectivity index (χ0v) is 18.7. The fourth-order valence-corrected chi connectivity index (χ4v) is 4.15. The maximum atomic E-state index is 11.7. The molecule has 1 fully saturated rings. The van der Waals surface area contributed by atoms with E-state index in [9.17, 15) is 9.90 Å². The van der Waals surface area contributed by atoms with Crippen molar-refractivity contribution < 1.29 is 14.6 Å². The molecule has 8 nitrogen and oxygen atoms in total. The van der Waals surface area contributed by atoms with E-state index in [1.54, 1.807) is 28.9 Å². The third kappa shape index (κ3) is 4.17. The lowest BCUT2D eigenvalue weighted by Crippen LogP contribution is -2.24. The number of aryl methyl sites for hydroxylation is 1. The highest BCUT2D eigenvalue weighted by molar-refractivity contribution is 6.06. The van der Waals surface area contributed by atoms with Gasteiger partial charge in [0.15, 0.2) is 0 Å². The first-order valence-corrected chi connectivity index (χ1v) is 11.2. The van der Waals surface area contributed by atoms with Crippen molar-refractivity contribution in [1.82, 2.24) is 9.61 Å². The molecule has 3 heterocycles. The largest absolute Gasteiger partial charge is 0.508 e. The van der Waals surface area contributed by atoms with Crippen molar-refractivity contribution in [3.63, 3.8) is 0 Å². The Hall–Kier alpha value is -4.33. The van der Waals surface area contributed by atoms with Crippen LogP contribution in [-0.2, 0) is 16.0 Å². The molecule has 5 rings (SSSR count). The average Bonchev–Trinajstić information content (AvgIpc) is 3.47. The van der Waals surface area contributed by atoms with Crippen LogP contribution in [0.4, 0.5) is 11.4 Å². The van der Waals surface area contributed by atoms with Gasteiger partial charge in [0.05, 0.1) is 41.1 Å². The summed E-state index contributed by atoms with van der Waals surface area (Å²) in [5, 5.41) is 17.8. The van der Waals surface area contributed by atoms with Crippen molar-refractivity contribution in [2.45, 2.75) is 25.8 Å². The fraction of sp³-hybridized carbons (Fsp3) is 0.192. The molecular formula is C26H25N5O3. The van der Waals surface area contributed by atoms with Crippen LogP contribution in [0.5, 0.6) is 5.75 Å². The average molecular weight is 456 g/mol. The molecule has 0 saturated carbocycles. The van der Waals surface area contributed by atoms with E-state index in [0.29, 0.717) is 17.7 Å². The van der Waals surface area contributed by atoms with E-state index >= 15 is 0 Å². The van der Waals surface area contributed by atoms with Crippen LogP contribution in [0.15, 0.2) is 72.0 Å². The van der Waals surface area contributed by atoms with Crippen LogP contribution in [0.2, 0.25) is 0 Å². The van der Waals surface area contributed by atoms with Gasteiger partial charge in [0.25, 0.3) is 0 Å². The van der Waals surface area contributed by atoms with Gasteiger partial charge in [-0.15, -0.1) is 0 Å². The van der Waals surface area contributed by atoms with Crippen molar-refractivity contribution in [2.75, 3.05) is 11.9 Å². The third-order valence-corrected chi connectivity index (χ3v) is 5.91. The maximum Gasteiger partial charge on any atom is 0.308 e. The molecule has 1 aliphatic rings. The number of hydrogen-bond acceptors (Lipinski definition) is 6. The summed E-state index contributed by atoms with van der Waals surface area (Å²) in [4.78, 5) is 16.4. The second kappa shape index (κ2) is 8.90. The number of esters is 1. The summed E-state index contributed by atoms with van der Waals surface area (Å²) in [6.07, 6.45) is 4.60. The first-order chi connectivity index (χ1) is 16.5. The highest BCUT2D eigenvalue weighted by Crippen LogP contribution is 2.31. The Bertz CT molecular complexity index is 1390. The number of hydrogen-bond donors (Lipinski definition) is 3. The van der Waals surface area contributed by atoms with Gasteiger partial charge in [0, 0.05) is 11.8 Å². The lowest BCUT2D eigenvalue weighted by molar-refractivity contribution is -0.137. The van der Waals surface area contributed by atoms with E-state index in [1.807, 2.05) is 49.5 Å². The molecule has 0 bridgehead atoms. The van der Waals surface area contributed by atoms with E-state index in [1.165, 1.54) is 0 Å². The van der Waals surface area contributed by atoms with Crippen molar-refractivity contribution >= 4 is 28.7 Å². The van der Waals surface area contributed by atoms with Gasteiger partial charge in [-0.05, 0) is 41.8 Å². The Morgan fingerprint density at radius 1 is 1.24 bits per heavy atom. The molecule has 0 radical (unpaired) electrons. The Morgan fingerprint density at radius 3 is 2.79 bits per heavy atom. The van der Waals surface area contributed by atoms with Crippen molar-refractivity contribution in [3.8, 4) is 16.9 Å². The Balaban J connectivity index is 1.63. The number of ether oxygens (including phenoxy) is 1. The highest BCUT2D eigenvalue weighted by atomic mass is 16.5. The number of rotatable bonds is 6. The van der Waals surface area contributed by atoms with Gasteiger partial charge in [-0.1, -0.05) is 37.3 Å². The number of benzene rings is 2. The number of phenolic OH excluding ortho intramolecular Hbond substituents is 1. The molecule has 4 N–H and O–H groups in total. The minimum Gasteiger partial charge on any atom is -0.508 e. The van der Waals surface area contributed by atoms with E-state index in [4.69, 9.17) is 10.5 Å². The molecule has 0 unspecified atom stereocenters. The molecule has 4 aromatic rings. The standard InChI is InChI=1S/C26H25N5O3/c1-2-16-10-20(32)8-9-22(16)30-26(27)21-13-28-31-14-18(17-6-4-3-5-7-17)11-23(31)25(21)29-19-12-24(33)34-15-19/h3-11,13-14,19,29,32H,2,12,15H2,1H3,(H2,27,30)/t19-/m0/s1. The van der Waals surface area contributed by atoms with Gasteiger partial charge in [-0.3, -0.25) is 4.79 Å². The molecular weight excluding hydrogens is 430 g/mol. The van der Waals surface area contributed by atoms with Crippen molar-refractivity contribution in [1.29, 1.82) is 0 Å². The lowest BCUT2D eigenvalue weighted by Gasteiger charge is -2.16. The molecule has 34 heavy (non-hydrogen) atoms. The number of aliphatic imine (C=N–C) groups is 1. The molecule has 0 aliphatic carbocycles. The Morgan fingerprint density at radius 2 is 2.06 bits per heavy atom. The molecule has 2 aromatic carbocycles. The summed E-state index contributed by atoms with van der Waals surface area (Å²) in [6, 6.07) is 16.9.